The fraction of sp³-hybridized carbons (Fsp3) is 0.448. The van der Waals surface area contributed by atoms with Gasteiger partial charge < -0.3 is 9.26 Å². The first kappa shape index (κ1) is 29.4. The molecule has 0 unspecified atom stereocenters. The maximum absolute atomic E-state index is 13.4. The summed E-state index contributed by atoms with van der Waals surface area (Å²) in [5, 5.41) is 8.66. The summed E-state index contributed by atoms with van der Waals surface area (Å²) >= 11 is 0. The summed E-state index contributed by atoms with van der Waals surface area (Å²) in [4.78, 5) is 9.32. The fourth-order valence-corrected chi connectivity index (χ4v) is 5.65. The number of pyridine rings is 1. The number of methoxy groups -OCH3 is 1. The van der Waals surface area contributed by atoms with E-state index in [0.29, 0.717) is 29.1 Å². The molecular weight excluding hydrogens is 528 g/mol. The van der Waals surface area contributed by atoms with E-state index < -0.39 is 10.0 Å². The number of unbranched alkanes of at least 4 members (excludes halogenated alkanes) is 2. The van der Waals surface area contributed by atoms with E-state index in [1.54, 1.807) is 33.2 Å². The van der Waals surface area contributed by atoms with Crippen molar-refractivity contribution in [3.8, 4) is 11.3 Å². The van der Waals surface area contributed by atoms with Crippen molar-refractivity contribution in [1.82, 2.24) is 24.9 Å². The first-order valence-corrected chi connectivity index (χ1v) is 15.2. The molecule has 0 aliphatic rings. The molecule has 1 aromatic carbocycles. The van der Waals surface area contributed by atoms with Crippen molar-refractivity contribution >= 4 is 15.9 Å². The summed E-state index contributed by atoms with van der Waals surface area (Å²) < 4.78 is 42.1. The second-order valence-electron chi connectivity index (χ2n) is 9.91. The maximum Gasteiger partial charge on any atom is 0.266 e. The van der Waals surface area contributed by atoms with Crippen LogP contribution in [0.2, 0.25) is 0 Å². The van der Waals surface area contributed by atoms with E-state index in [0.717, 1.165) is 61.3 Å². The van der Waals surface area contributed by atoms with Gasteiger partial charge in [0.2, 0.25) is 5.88 Å². The highest BCUT2D eigenvalue weighted by Crippen LogP contribution is 2.31. The second kappa shape index (κ2) is 13.2. The van der Waals surface area contributed by atoms with Gasteiger partial charge in [-0.25, -0.2) is 22.8 Å². The molecule has 4 aromatic rings. The highest BCUT2D eigenvalue weighted by atomic mass is 32.2. The number of anilines is 1. The van der Waals surface area contributed by atoms with Gasteiger partial charge in [0.1, 0.15) is 10.7 Å². The molecule has 0 bridgehead atoms. The number of nitrogens with zero attached hydrogens (tertiary/aromatic N) is 5. The van der Waals surface area contributed by atoms with Crippen molar-refractivity contribution in [3.05, 3.63) is 70.6 Å². The molecule has 0 atom stereocenters. The Labute approximate surface area is 236 Å². The number of aromatic nitrogens is 5. The van der Waals surface area contributed by atoms with E-state index in [4.69, 9.17) is 19.3 Å². The Bertz CT molecular complexity index is 1540. The van der Waals surface area contributed by atoms with Gasteiger partial charge in [-0.05, 0) is 49.9 Å². The summed E-state index contributed by atoms with van der Waals surface area (Å²) in [6, 6.07) is 9.03. The van der Waals surface area contributed by atoms with Gasteiger partial charge in [-0.2, -0.15) is 5.10 Å². The van der Waals surface area contributed by atoms with Crippen molar-refractivity contribution < 1.29 is 17.7 Å². The number of ether oxygens (including phenoxy) is 1. The molecule has 0 radical (unpaired) electrons. The minimum absolute atomic E-state index is 0.0345. The average molecular weight is 567 g/mol. The van der Waals surface area contributed by atoms with E-state index in [2.05, 4.69) is 28.7 Å². The lowest BCUT2D eigenvalue weighted by molar-refractivity contribution is 0.185. The Kier molecular flexibility index (Phi) is 9.70. The van der Waals surface area contributed by atoms with Crippen molar-refractivity contribution in [2.45, 2.75) is 84.3 Å². The van der Waals surface area contributed by atoms with E-state index in [1.807, 2.05) is 22.9 Å². The van der Waals surface area contributed by atoms with Crippen LogP contribution >= 0.6 is 0 Å². The smallest absolute Gasteiger partial charge is 0.266 e. The van der Waals surface area contributed by atoms with Crippen molar-refractivity contribution in [2.24, 2.45) is 0 Å². The van der Waals surface area contributed by atoms with Crippen LogP contribution in [0.4, 0.5) is 5.88 Å². The zero-order valence-electron chi connectivity index (χ0n) is 23.9. The molecule has 0 fully saturated rings. The number of nitrogens with one attached hydrogen (secondary N) is 1. The molecule has 3 heterocycles. The molecule has 0 spiro atoms. The highest BCUT2D eigenvalue weighted by molar-refractivity contribution is 7.92. The molecule has 0 amide bonds. The quantitative estimate of drug-likeness (QED) is 0.208. The van der Waals surface area contributed by atoms with Crippen LogP contribution in [0.5, 0.6) is 0 Å². The topological polar surface area (TPSA) is 125 Å². The first-order valence-electron chi connectivity index (χ1n) is 13.7. The van der Waals surface area contributed by atoms with Crippen LogP contribution in [-0.2, 0) is 40.8 Å². The summed E-state index contributed by atoms with van der Waals surface area (Å²) in [6.07, 6.45) is 7.62. The summed E-state index contributed by atoms with van der Waals surface area (Å²) in [5.74, 6) is 1.96. The first-order chi connectivity index (χ1) is 19.3. The number of benzene rings is 1. The molecular formula is C29H38N6O4S. The predicted molar refractivity (Wildman–Crippen MR) is 154 cm³/mol. The van der Waals surface area contributed by atoms with Crippen LogP contribution in [0.15, 0.2) is 45.9 Å². The Morgan fingerprint density at radius 3 is 2.55 bits per heavy atom. The highest BCUT2D eigenvalue weighted by Gasteiger charge is 2.25. The fourth-order valence-electron chi connectivity index (χ4n) is 4.43. The zero-order chi connectivity index (χ0) is 28.7. The van der Waals surface area contributed by atoms with Gasteiger partial charge in [0, 0.05) is 37.3 Å². The third kappa shape index (κ3) is 6.76. The normalized spacial score (nSPS) is 11.7. The van der Waals surface area contributed by atoms with Crippen molar-refractivity contribution in [2.75, 3.05) is 11.8 Å². The molecule has 214 valence electrons. The second-order valence-corrected chi connectivity index (χ2v) is 11.6. The van der Waals surface area contributed by atoms with Gasteiger partial charge in [0.15, 0.2) is 5.82 Å². The molecule has 1 N–H and O–H groups in total. The van der Waals surface area contributed by atoms with Crippen LogP contribution in [0.3, 0.4) is 0 Å². The molecule has 0 aliphatic heterocycles. The maximum atomic E-state index is 13.4. The van der Waals surface area contributed by atoms with E-state index in [-0.39, 0.29) is 17.4 Å². The molecule has 10 nitrogen and oxygen atoms in total. The molecule has 0 saturated carbocycles. The molecule has 4 rings (SSSR count). The van der Waals surface area contributed by atoms with Crippen molar-refractivity contribution in [1.29, 1.82) is 0 Å². The van der Waals surface area contributed by atoms with Gasteiger partial charge in [0.25, 0.3) is 10.0 Å². The Balaban J connectivity index is 1.68. The Morgan fingerprint density at radius 1 is 1.07 bits per heavy atom. The minimum atomic E-state index is -4.02. The monoisotopic (exact) mass is 566 g/mol. The third-order valence-electron chi connectivity index (χ3n) is 6.80. The van der Waals surface area contributed by atoms with E-state index in [1.165, 1.54) is 6.07 Å². The Hall–Kier alpha value is -3.57. The molecule has 0 aliphatic carbocycles. The number of hydrogen-bond donors (Lipinski definition) is 1. The molecule has 0 saturated heterocycles. The lowest BCUT2D eigenvalue weighted by atomic mass is 10.0. The van der Waals surface area contributed by atoms with Gasteiger partial charge >= 0.3 is 0 Å². The third-order valence-corrected chi connectivity index (χ3v) is 8.16. The zero-order valence-corrected chi connectivity index (χ0v) is 24.7. The van der Waals surface area contributed by atoms with Crippen LogP contribution in [0.1, 0.15) is 73.6 Å². The lowest BCUT2D eigenvalue weighted by Gasteiger charge is -2.15. The minimum Gasteiger partial charge on any atom is -0.380 e. The van der Waals surface area contributed by atoms with Crippen LogP contribution in [0.25, 0.3) is 11.3 Å². The lowest BCUT2D eigenvalue weighted by Crippen LogP contribution is -2.15. The van der Waals surface area contributed by atoms with E-state index >= 15 is 0 Å². The average Bonchev–Trinajstić information content (AvgIpc) is 3.47. The largest absolute Gasteiger partial charge is 0.380 e. The number of aryl methyl sites for hydroxylation is 3. The van der Waals surface area contributed by atoms with Gasteiger partial charge in [-0.15, -0.1) is 0 Å². The number of sulfonamides is 1. The molecule has 3 aromatic heterocycles. The predicted octanol–water partition coefficient (Wildman–Crippen LogP) is 5.63. The van der Waals surface area contributed by atoms with Gasteiger partial charge in [0.05, 0.1) is 24.5 Å². The van der Waals surface area contributed by atoms with Crippen LogP contribution in [-0.4, -0.2) is 40.4 Å². The summed E-state index contributed by atoms with van der Waals surface area (Å²) in [5.41, 5.74) is 4.08. The van der Waals surface area contributed by atoms with Crippen molar-refractivity contribution in [3.63, 3.8) is 0 Å². The van der Waals surface area contributed by atoms with Gasteiger partial charge in [-0.1, -0.05) is 50.0 Å². The number of hydrogen-bond acceptors (Lipinski definition) is 8. The van der Waals surface area contributed by atoms with Crippen LogP contribution in [0, 0.1) is 13.8 Å². The Morgan fingerprint density at radius 2 is 1.85 bits per heavy atom. The van der Waals surface area contributed by atoms with Gasteiger partial charge in [-0.3, -0.25) is 4.98 Å². The SMILES string of the molecule is CCCCc1nc(CCCC)n(Cc2ccc(-c3ncccc3S(=O)(=O)Nc3onc(C)c3C)c(COC)c2)n1. The van der Waals surface area contributed by atoms with E-state index in [9.17, 15) is 8.42 Å². The summed E-state index contributed by atoms with van der Waals surface area (Å²) in [7, 11) is -2.41. The molecule has 40 heavy (non-hydrogen) atoms. The summed E-state index contributed by atoms with van der Waals surface area (Å²) in [6.45, 7) is 8.69. The standard InChI is InChI=1S/C29H38N6O4S/c1-6-8-12-26-31-27(13-9-7-2)35(32-26)18-22-14-15-24(23(17-22)19-38-5)28-25(11-10-16-30-28)40(36,37)34-29-20(3)21(4)33-39-29/h10-11,14-17,34H,6-9,12-13,18-19H2,1-5H3. The number of rotatable bonds is 14. The molecule has 11 heteroatoms. The van der Waals surface area contributed by atoms with Crippen LogP contribution < -0.4 is 4.72 Å².